The average molecular weight is 493 g/mol. The standard InChI is InChI=1S/C29H33ClN2O3/c1-28(2,32-19-26(20-32)35-25-17-23(30)16-24(18-25)34-3)14-15-29(27(31)33,21-10-6-4-7-11-21)22-12-8-5-9-13-22/h4-13,16-18,26H,14-15,19-20H2,1-3H3,(H2,31,33). The van der Waals surface area contributed by atoms with Crippen LogP contribution in [0.3, 0.4) is 0 Å². The Kier molecular flexibility index (Phi) is 7.39. The molecule has 35 heavy (non-hydrogen) atoms. The predicted octanol–water partition coefficient (Wildman–Crippen LogP) is 5.44. The molecule has 0 unspecified atom stereocenters. The van der Waals surface area contributed by atoms with E-state index >= 15 is 0 Å². The SMILES string of the molecule is COc1cc(Cl)cc(OC2CN(C(C)(C)CCC(C(N)=O)(c3ccccc3)c3ccccc3)C2)c1. The van der Waals surface area contributed by atoms with E-state index in [0.717, 1.165) is 30.6 Å². The molecule has 1 aliphatic rings. The third kappa shape index (κ3) is 5.31. The zero-order chi connectivity index (χ0) is 25.1. The van der Waals surface area contributed by atoms with Crippen LogP contribution in [0.1, 0.15) is 37.8 Å². The molecule has 0 atom stereocenters. The number of carbonyl (C=O) groups excluding carboxylic acids is 1. The maximum atomic E-state index is 13.1. The van der Waals surface area contributed by atoms with E-state index < -0.39 is 5.41 Å². The molecular formula is C29H33ClN2O3. The molecule has 3 aromatic rings. The second kappa shape index (κ2) is 10.3. The van der Waals surface area contributed by atoms with Crippen LogP contribution in [0.4, 0.5) is 0 Å². The van der Waals surface area contributed by atoms with Crippen LogP contribution in [-0.2, 0) is 10.2 Å². The Morgan fingerprint density at radius 2 is 1.49 bits per heavy atom. The van der Waals surface area contributed by atoms with Crippen molar-refractivity contribution in [2.75, 3.05) is 20.2 Å². The molecule has 0 aliphatic carbocycles. The fourth-order valence-electron chi connectivity index (χ4n) is 4.88. The Morgan fingerprint density at radius 3 is 2.00 bits per heavy atom. The number of primary amides is 1. The van der Waals surface area contributed by atoms with Crippen LogP contribution >= 0.6 is 11.6 Å². The Labute approximate surface area is 212 Å². The molecule has 0 saturated carbocycles. The van der Waals surface area contributed by atoms with Crippen LogP contribution < -0.4 is 15.2 Å². The molecule has 3 aromatic carbocycles. The van der Waals surface area contributed by atoms with E-state index in [-0.39, 0.29) is 17.6 Å². The quantitative estimate of drug-likeness (QED) is 0.409. The number of nitrogens with zero attached hydrogens (tertiary/aromatic N) is 1. The average Bonchev–Trinajstić information content (AvgIpc) is 2.82. The van der Waals surface area contributed by atoms with Gasteiger partial charge in [0.2, 0.25) is 5.91 Å². The molecule has 1 saturated heterocycles. The molecule has 4 rings (SSSR count). The number of nitrogens with two attached hydrogens (primary N) is 1. The Balaban J connectivity index is 1.48. The van der Waals surface area contributed by atoms with Gasteiger partial charge in [-0.05, 0) is 49.9 Å². The first-order chi connectivity index (χ1) is 16.7. The lowest BCUT2D eigenvalue weighted by molar-refractivity contribution is -0.122. The minimum absolute atomic E-state index is 0.0709. The summed E-state index contributed by atoms with van der Waals surface area (Å²) in [6.45, 7) is 6.02. The second-order valence-corrected chi connectivity index (χ2v) is 10.2. The largest absolute Gasteiger partial charge is 0.497 e. The van der Waals surface area contributed by atoms with Gasteiger partial charge in [0, 0.05) is 29.7 Å². The van der Waals surface area contributed by atoms with E-state index in [1.807, 2.05) is 66.7 Å². The van der Waals surface area contributed by atoms with Crippen molar-refractivity contribution in [1.29, 1.82) is 0 Å². The van der Waals surface area contributed by atoms with Gasteiger partial charge in [-0.1, -0.05) is 72.3 Å². The maximum absolute atomic E-state index is 13.1. The summed E-state index contributed by atoms with van der Waals surface area (Å²) < 4.78 is 11.4. The Morgan fingerprint density at radius 1 is 0.943 bits per heavy atom. The van der Waals surface area contributed by atoms with E-state index in [1.54, 1.807) is 19.2 Å². The van der Waals surface area contributed by atoms with Gasteiger partial charge in [0.15, 0.2) is 0 Å². The van der Waals surface area contributed by atoms with Crippen molar-refractivity contribution < 1.29 is 14.3 Å². The molecule has 5 nitrogen and oxygen atoms in total. The van der Waals surface area contributed by atoms with Crippen LogP contribution in [0.25, 0.3) is 0 Å². The van der Waals surface area contributed by atoms with Gasteiger partial charge in [0.25, 0.3) is 0 Å². The molecule has 1 amide bonds. The van der Waals surface area contributed by atoms with Crippen molar-refractivity contribution in [3.63, 3.8) is 0 Å². The van der Waals surface area contributed by atoms with Gasteiger partial charge < -0.3 is 15.2 Å². The fraction of sp³-hybridized carbons (Fsp3) is 0.345. The first kappa shape index (κ1) is 25.1. The van der Waals surface area contributed by atoms with Gasteiger partial charge in [-0.15, -0.1) is 0 Å². The van der Waals surface area contributed by atoms with Crippen molar-refractivity contribution in [1.82, 2.24) is 4.90 Å². The summed E-state index contributed by atoms with van der Waals surface area (Å²) in [6.07, 6.45) is 1.47. The van der Waals surface area contributed by atoms with Crippen LogP contribution in [0.15, 0.2) is 78.9 Å². The van der Waals surface area contributed by atoms with Gasteiger partial charge in [0.05, 0.1) is 12.5 Å². The monoisotopic (exact) mass is 492 g/mol. The van der Waals surface area contributed by atoms with E-state index in [2.05, 4.69) is 18.7 Å². The summed E-state index contributed by atoms with van der Waals surface area (Å²) in [5.74, 6) is 1.05. The van der Waals surface area contributed by atoms with Gasteiger partial charge in [-0.3, -0.25) is 9.69 Å². The van der Waals surface area contributed by atoms with Gasteiger partial charge in [-0.2, -0.15) is 0 Å². The number of likely N-dealkylation sites (tertiary alicyclic amines) is 1. The Bertz CT molecular complexity index is 1110. The summed E-state index contributed by atoms with van der Waals surface area (Å²) in [4.78, 5) is 15.5. The molecular weight excluding hydrogens is 460 g/mol. The highest BCUT2D eigenvalue weighted by Gasteiger charge is 2.44. The lowest BCUT2D eigenvalue weighted by Gasteiger charge is -2.49. The number of halogens is 1. The summed E-state index contributed by atoms with van der Waals surface area (Å²) in [7, 11) is 1.61. The highest BCUT2D eigenvalue weighted by atomic mass is 35.5. The van der Waals surface area contributed by atoms with Crippen LogP contribution in [0.5, 0.6) is 11.5 Å². The summed E-state index contributed by atoms with van der Waals surface area (Å²) in [6, 6.07) is 25.2. The molecule has 1 fully saturated rings. The number of rotatable bonds is 10. The van der Waals surface area contributed by atoms with Crippen molar-refractivity contribution in [2.45, 2.75) is 43.7 Å². The summed E-state index contributed by atoms with van der Waals surface area (Å²) in [5.41, 5.74) is 6.95. The Hall–Kier alpha value is -3.02. The first-order valence-corrected chi connectivity index (χ1v) is 12.3. The number of amides is 1. The number of hydrogen-bond acceptors (Lipinski definition) is 4. The summed E-state index contributed by atoms with van der Waals surface area (Å²) in [5, 5.41) is 0.584. The summed E-state index contributed by atoms with van der Waals surface area (Å²) >= 11 is 6.18. The van der Waals surface area contributed by atoms with E-state index in [9.17, 15) is 4.79 Å². The molecule has 0 aromatic heterocycles. The number of benzene rings is 3. The molecule has 6 heteroatoms. The molecule has 1 heterocycles. The van der Waals surface area contributed by atoms with Crippen molar-refractivity contribution in [3.05, 3.63) is 95.0 Å². The second-order valence-electron chi connectivity index (χ2n) is 9.79. The smallest absolute Gasteiger partial charge is 0.232 e. The lowest BCUT2D eigenvalue weighted by atomic mass is 9.69. The molecule has 1 aliphatic heterocycles. The highest BCUT2D eigenvalue weighted by molar-refractivity contribution is 6.30. The highest BCUT2D eigenvalue weighted by Crippen LogP contribution is 2.40. The third-order valence-corrected chi connectivity index (χ3v) is 7.37. The molecule has 0 spiro atoms. The third-order valence-electron chi connectivity index (χ3n) is 7.15. The molecule has 0 bridgehead atoms. The number of carbonyl (C=O) groups is 1. The van der Waals surface area contributed by atoms with Crippen LogP contribution in [0.2, 0.25) is 5.02 Å². The van der Waals surface area contributed by atoms with Crippen molar-refractivity contribution in [3.8, 4) is 11.5 Å². The van der Waals surface area contributed by atoms with Crippen LogP contribution in [-0.4, -0.2) is 42.6 Å². The topological polar surface area (TPSA) is 64.8 Å². The molecule has 0 radical (unpaired) electrons. The zero-order valence-corrected chi connectivity index (χ0v) is 21.3. The van der Waals surface area contributed by atoms with Gasteiger partial charge in [-0.25, -0.2) is 0 Å². The van der Waals surface area contributed by atoms with Crippen molar-refractivity contribution >= 4 is 17.5 Å². The number of hydrogen-bond donors (Lipinski definition) is 1. The van der Waals surface area contributed by atoms with E-state index in [1.165, 1.54) is 0 Å². The lowest BCUT2D eigenvalue weighted by Crippen LogP contribution is -2.62. The maximum Gasteiger partial charge on any atom is 0.232 e. The molecule has 2 N–H and O–H groups in total. The van der Waals surface area contributed by atoms with E-state index in [0.29, 0.717) is 22.9 Å². The molecule has 184 valence electrons. The predicted molar refractivity (Wildman–Crippen MR) is 140 cm³/mol. The zero-order valence-electron chi connectivity index (χ0n) is 20.5. The minimum atomic E-state index is -0.891. The normalized spacial score (nSPS) is 14.9. The minimum Gasteiger partial charge on any atom is -0.497 e. The van der Waals surface area contributed by atoms with Gasteiger partial charge >= 0.3 is 0 Å². The van der Waals surface area contributed by atoms with E-state index in [4.69, 9.17) is 26.8 Å². The van der Waals surface area contributed by atoms with Crippen LogP contribution in [0, 0.1) is 0 Å². The first-order valence-electron chi connectivity index (χ1n) is 11.9. The fourth-order valence-corrected chi connectivity index (χ4v) is 5.10. The van der Waals surface area contributed by atoms with Gasteiger partial charge in [0.1, 0.15) is 17.6 Å². The van der Waals surface area contributed by atoms with Crippen molar-refractivity contribution in [2.24, 2.45) is 5.73 Å². The number of ether oxygens (including phenoxy) is 2. The number of methoxy groups -OCH3 is 1.